The first-order valence-corrected chi connectivity index (χ1v) is 9.82. The predicted molar refractivity (Wildman–Crippen MR) is 116 cm³/mol. The molecule has 154 valence electrons. The van der Waals surface area contributed by atoms with Crippen molar-refractivity contribution in [3.63, 3.8) is 0 Å². The number of ketones is 1. The Hall–Kier alpha value is -3.54. The number of carbonyl (C=O) groups is 3. The number of nitrogens with one attached hydrogen (secondary N) is 1. The molecule has 6 nitrogen and oxygen atoms in total. The second-order valence-electron chi connectivity index (χ2n) is 7.10. The molecule has 0 aliphatic carbocycles. The van der Waals surface area contributed by atoms with Crippen molar-refractivity contribution in [1.29, 1.82) is 0 Å². The number of nitrogens with zero attached hydrogens (tertiary/aromatic N) is 1. The van der Waals surface area contributed by atoms with Gasteiger partial charge in [-0.1, -0.05) is 25.1 Å². The van der Waals surface area contributed by atoms with Crippen molar-refractivity contribution in [1.82, 2.24) is 4.98 Å². The number of aryl methyl sites for hydroxylation is 1. The standard InChI is InChI=1S/C24H24N2O4/c1-5-20-14(2)22(19-8-6-7-9-21(19)26-20)24(29)30-15(3)23(28)17-10-12-18(13-11-17)25-16(4)27/h6-13,15H,5H2,1-4H3,(H,25,27)/t15-/m1/s1. The quantitative estimate of drug-likeness (QED) is 0.483. The number of fused-ring (bicyclic) bond motifs is 1. The third-order valence-corrected chi connectivity index (χ3v) is 4.92. The Kier molecular flexibility index (Phi) is 6.26. The first kappa shape index (κ1) is 21.2. The Morgan fingerprint density at radius 1 is 1.07 bits per heavy atom. The monoisotopic (exact) mass is 404 g/mol. The summed E-state index contributed by atoms with van der Waals surface area (Å²) in [5.74, 6) is -1.05. The molecule has 3 aromatic rings. The van der Waals surface area contributed by atoms with E-state index in [-0.39, 0.29) is 11.7 Å². The lowest BCUT2D eigenvalue weighted by molar-refractivity contribution is -0.114. The molecule has 1 N–H and O–H groups in total. The van der Waals surface area contributed by atoms with Crippen LogP contribution in [0.1, 0.15) is 52.7 Å². The Morgan fingerprint density at radius 2 is 1.73 bits per heavy atom. The van der Waals surface area contributed by atoms with E-state index in [2.05, 4.69) is 10.3 Å². The number of carbonyl (C=O) groups excluding carboxylic acids is 3. The van der Waals surface area contributed by atoms with Crippen LogP contribution in [-0.4, -0.2) is 28.7 Å². The maximum atomic E-state index is 13.0. The van der Waals surface area contributed by atoms with Crippen molar-refractivity contribution in [3.05, 3.63) is 70.9 Å². The van der Waals surface area contributed by atoms with E-state index in [0.29, 0.717) is 28.6 Å². The zero-order valence-corrected chi connectivity index (χ0v) is 17.5. The van der Waals surface area contributed by atoms with Crippen LogP contribution in [0.5, 0.6) is 0 Å². The molecule has 3 rings (SSSR count). The summed E-state index contributed by atoms with van der Waals surface area (Å²) in [7, 11) is 0. The molecule has 0 radical (unpaired) electrons. The summed E-state index contributed by atoms with van der Waals surface area (Å²) < 4.78 is 5.55. The molecule has 6 heteroatoms. The van der Waals surface area contributed by atoms with Crippen molar-refractivity contribution in [2.75, 3.05) is 5.32 Å². The molecule has 0 aliphatic heterocycles. The molecule has 2 aromatic carbocycles. The van der Waals surface area contributed by atoms with Gasteiger partial charge in [-0.05, 0) is 56.2 Å². The van der Waals surface area contributed by atoms with Crippen LogP contribution in [0.2, 0.25) is 0 Å². The fourth-order valence-corrected chi connectivity index (χ4v) is 3.39. The Bertz CT molecular complexity index is 1120. The van der Waals surface area contributed by atoms with E-state index in [9.17, 15) is 14.4 Å². The van der Waals surface area contributed by atoms with Gasteiger partial charge in [0.2, 0.25) is 11.7 Å². The minimum absolute atomic E-state index is 0.192. The highest BCUT2D eigenvalue weighted by atomic mass is 16.5. The number of rotatable bonds is 6. The SMILES string of the molecule is CCc1nc2ccccc2c(C(=O)O[C@H](C)C(=O)c2ccc(NC(C)=O)cc2)c1C. The van der Waals surface area contributed by atoms with Gasteiger partial charge in [-0.3, -0.25) is 14.6 Å². The van der Waals surface area contributed by atoms with E-state index < -0.39 is 12.1 Å². The zero-order chi connectivity index (χ0) is 21.8. The average molecular weight is 404 g/mol. The lowest BCUT2D eigenvalue weighted by Gasteiger charge is -2.16. The van der Waals surface area contributed by atoms with Crippen LogP contribution in [0.4, 0.5) is 5.69 Å². The number of hydrogen-bond acceptors (Lipinski definition) is 5. The maximum Gasteiger partial charge on any atom is 0.339 e. The Balaban J connectivity index is 1.84. The van der Waals surface area contributed by atoms with Crippen LogP contribution in [-0.2, 0) is 16.0 Å². The van der Waals surface area contributed by atoms with Crippen LogP contribution in [0, 0.1) is 6.92 Å². The minimum Gasteiger partial charge on any atom is -0.451 e. The first-order valence-electron chi connectivity index (χ1n) is 9.82. The molecule has 0 unspecified atom stereocenters. The van der Waals surface area contributed by atoms with Gasteiger partial charge < -0.3 is 10.1 Å². The predicted octanol–water partition coefficient (Wildman–Crippen LogP) is 4.49. The molecule has 0 saturated carbocycles. The molecule has 1 aromatic heterocycles. The van der Waals surface area contributed by atoms with E-state index in [1.807, 2.05) is 38.1 Å². The van der Waals surface area contributed by atoms with Gasteiger partial charge >= 0.3 is 5.97 Å². The number of anilines is 1. The van der Waals surface area contributed by atoms with Crippen LogP contribution >= 0.6 is 0 Å². The fraction of sp³-hybridized carbons (Fsp3) is 0.250. The number of Topliss-reactive ketones (excluding diaryl/α,β-unsaturated/α-hetero) is 1. The number of pyridine rings is 1. The summed E-state index contributed by atoms with van der Waals surface area (Å²) in [4.78, 5) is 41.5. The normalized spacial score (nSPS) is 11.7. The van der Waals surface area contributed by atoms with Gasteiger partial charge in [-0.15, -0.1) is 0 Å². The smallest absolute Gasteiger partial charge is 0.339 e. The topological polar surface area (TPSA) is 85.4 Å². The second-order valence-corrected chi connectivity index (χ2v) is 7.10. The number of amides is 1. The molecule has 0 bridgehead atoms. The van der Waals surface area contributed by atoms with Gasteiger partial charge in [0, 0.05) is 29.3 Å². The summed E-state index contributed by atoms with van der Waals surface area (Å²) in [6.45, 7) is 6.80. The third kappa shape index (κ3) is 4.38. The van der Waals surface area contributed by atoms with Crippen LogP contribution in [0.3, 0.4) is 0 Å². The van der Waals surface area contributed by atoms with E-state index in [4.69, 9.17) is 4.74 Å². The maximum absolute atomic E-state index is 13.0. The second kappa shape index (κ2) is 8.86. The first-order chi connectivity index (χ1) is 14.3. The van der Waals surface area contributed by atoms with Crippen molar-refractivity contribution < 1.29 is 19.1 Å². The molecule has 1 amide bonds. The van der Waals surface area contributed by atoms with Crippen LogP contribution < -0.4 is 5.32 Å². The number of ether oxygens (including phenoxy) is 1. The van der Waals surface area contributed by atoms with E-state index in [1.54, 1.807) is 31.2 Å². The summed E-state index contributed by atoms with van der Waals surface area (Å²) in [5.41, 5.74) is 3.75. The fourth-order valence-electron chi connectivity index (χ4n) is 3.39. The molecular formula is C24H24N2O4. The number of hydrogen-bond donors (Lipinski definition) is 1. The molecule has 1 heterocycles. The highest BCUT2D eigenvalue weighted by molar-refractivity contribution is 6.07. The van der Waals surface area contributed by atoms with Crippen molar-refractivity contribution in [2.45, 2.75) is 40.2 Å². The summed E-state index contributed by atoms with van der Waals surface area (Å²) in [6, 6.07) is 13.9. The van der Waals surface area contributed by atoms with Gasteiger partial charge in [0.05, 0.1) is 11.1 Å². The number of para-hydroxylation sites is 1. The minimum atomic E-state index is -0.958. The largest absolute Gasteiger partial charge is 0.451 e. The van der Waals surface area contributed by atoms with E-state index in [0.717, 1.165) is 16.8 Å². The van der Waals surface area contributed by atoms with Gasteiger partial charge in [0.1, 0.15) is 0 Å². The lowest BCUT2D eigenvalue weighted by atomic mass is 10.00. The molecule has 1 atom stereocenters. The number of aromatic nitrogens is 1. The number of benzene rings is 2. The van der Waals surface area contributed by atoms with Gasteiger partial charge in [0.25, 0.3) is 0 Å². The van der Waals surface area contributed by atoms with Crippen molar-refractivity contribution >= 4 is 34.3 Å². The zero-order valence-electron chi connectivity index (χ0n) is 17.5. The number of esters is 1. The summed E-state index contributed by atoms with van der Waals surface area (Å²) >= 11 is 0. The molecule has 0 aliphatic rings. The highest BCUT2D eigenvalue weighted by Gasteiger charge is 2.24. The summed E-state index contributed by atoms with van der Waals surface area (Å²) in [6.07, 6.45) is -0.271. The van der Waals surface area contributed by atoms with Crippen LogP contribution in [0.15, 0.2) is 48.5 Å². The van der Waals surface area contributed by atoms with Gasteiger partial charge in [0.15, 0.2) is 6.10 Å². The molecule has 0 saturated heterocycles. The summed E-state index contributed by atoms with van der Waals surface area (Å²) in [5, 5.41) is 3.35. The van der Waals surface area contributed by atoms with Crippen molar-refractivity contribution in [2.24, 2.45) is 0 Å². The van der Waals surface area contributed by atoms with Crippen LogP contribution in [0.25, 0.3) is 10.9 Å². The molecule has 30 heavy (non-hydrogen) atoms. The van der Waals surface area contributed by atoms with Crippen molar-refractivity contribution in [3.8, 4) is 0 Å². The molecule has 0 fully saturated rings. The highest BCUT2D eigenvalue weighted by Crippen LogP contribution is 2.25. The average Bonchev–Trinajstić information content (AvgIpc) is 2.72. The lowest BCUT2D eigenvalue weighted by Crippen LogP contribution is -2.25. The Morgan fingerprint density at radius 3 is 2.37 bits per heavy atom. The van der Waals surface area contributed by atoms with E-state index >= 15 is 0 Å². The molecule has 0 spiro atoms. The van der Waals surface area contributed by atoms with Gasteiger partial charge in [-0.2, -0.15) is 0 Å². The van der Waals surface area contributed by atoms with E-state index in [1.165, 1.54) is 6.92 Å². The Labute approximate surface area is 175 Å². The van der Waals surface area contributed by atoms with Gasteiger partial charge in [-0.25, -0.2) is 4.79 Å². The molecular weight excluding hydrogens is 380 g/mol. The third-order valence-electron chi connectivity index (χ3n) is 4.92.